The molecule has 0 fully saturated rings. The first-order chi connectivity index (χ1) is 9.06. The predicted molar refractivity (Wildman–Crippen MR) is 81.4 cm³/mol. The summed E-state index contributed by atoms with van der Waals surface area (Å²) in [6.07, 6.45) is 0. The lowest BCUT2D eigenvalue weighted by Crippen LogP contribution is -2.30. The van der Waals surface area contributed by atoms with Crippen LogP contribution in [0, 0.1) is 0 Å². The second-order valence-corrected chi connectivity index (χ2v) is 6.10. The zero-order chi connectivity index (χ0) is 13.8. The molecule has 2 rings (SSSR count). The van der Waals surface area contributed by atoms with E-state index in [1.165, 1.54) is 11.3 Å². The van der Waals surface area contributed by atoms with Gasteiger partial charge in [-0.05, 0) is 31.2 Å². The topological polar surface area (TPSA) is 41.1 Å². The van der Waals surface area contributed by atoms with E-state index in [-0.39, 0.29) is 12.1 Å². The predicted octanol–water partition coefficient (Wildman–Crippen LogP) is 4.94. The molecule has 0 aliphatic carbocycles. The van der Waals surface area contributed by atoms with Crippen LogP contribution in [0.1, 0.15) is 17.8 Å². The van der Waals surface area contributed by atoms with Crippen LogP contribution >= 0.6 is 34.5 Å². The number of hydrogen-bond acceptors (Lipinski definition) is 2. The Hall–Kier alpha value is -1.23. The van der Waals surface area contributed by atoms with Crippen LogP contribution in [0.3, 0.4) is 0 Å². The van der Waals surface area contributed by atoms with Crippen LogP contribution in [0.25, 0.3) is 0 Å². The molecule has 2 aromatic rings. The third kappa shape index (κ3) is 3.86. The van der Waals surface area contributed by atoms with Gasteiger partial charge in [0.05, 0.1) is 21.1 Å². The smallest absolute Gasteiger partial charge is 0.319 e. The summed E-state index contributed by atoms with van der Waals surface area (Å²) >= 11 is 13.3. The highest BCUT2D eigenvalue weighted by atomic mass is 35.5. The van der Waals surface area contributed by atoms with E-state index in [9.17, 15) is 4.79 Å². The molecule has 1 atom stereocenters. The minimum atomic E-state index is -0.301. The van der Waals surface area contributed by atoms with Gasteiger partial charge in [-0.2, -0.15) is 0 Å². The van der Waals surface area contributed by atoms with Gasteiger partial charge in [0, 0.05) is 4.88 Å². The average Bonchev–Trinajstić information content (AvgIpc) is 2.79. The highest BCUT2D eigenvalue weighted by Crippen LogP contribution is 2.27. The number of urea groups is 1. The number of para-hydroxylation sites is 1. The lowest BCUT2D eigenvalue weighted by Gasteiger charge is -2.13. The van der Waals surface area contributed by atoms with Gasteiger partial charge >= 0.3 is 6.03 Å². The molecule has 1 aromatic carbocycles. The summed E-state index contributed by atoms with van der Waals surface area (Å²) in [6.45, 7) is 1.90. The highest BCUT2D eigenvalue weighted by Gasteiger charge is 2.12. The van der Waals surface area contributed by atoms with Crippen molar-refractivity contribution in [2.24, 2.45) is 0 Å². The van der Waals surface area contributed by atoms with Crippen molar-refractivity contribution in [1.82, 2.24) is 5.32 Å². The number of carbonyl (C=O) groups is 1. The fraction of sp³-hybridized carbons (Fsp3) is 0.154. The molecule has 0 saturated heterocycles. The Morgan fingerprint density at radius 3 is 2.58 bits per heavy atom. The van der Waals surface area contributed by atoms with Crippen molar-refractivity contribution < 1.29 is 4.79 Å². The third-order valence-corrected chi connectivity index (χ3v) is 4.23. The molecule has 0 saturated carbocycles. The quantitative estimate of drug-likeness (QED) is 0.828. The van der Waals surface area contributed by atoms with Gasteiger partial charge in [-0.3, -0.25) is 0 Å². The molecule has 0 spiro atoms. The first-order valence-corrected chi connectivity index (χ1v) is 7.21. The molecule has 100 valence electrons. The minimum absolute atomic E-state index is 0.111. The normalized spacial score (nSPS) is 11.9. The van der Waals surface area contributed by atoms with Gasteiger partial charge in [-0.25, -0.2) is 4.79 Å². The lowest BCUT2D eigenvalue weighted by atomic mass is 10.3. The maximum absolute atomic E-state index is 11.8. The van der Waals surface area contributed by atoms with E-state index in [0.29, 0.717) is 15.0 Å². The van der Waals surface area contributed by atoms with Crippen molar-refractivity contribution in [3.8, 4) is 0 Å². The third-order valence-electron chi connectivity index (χ3n) is 2.49. The Morgan fingerprint density at radius 2 is 1.95 bits per heavy atom. The van der Waals surface area contributed by atoms with Crippen LogP contribution in [0.4, 0.5) is 10.5 Å². The molecule has 3 nitrogen and oxygen atoms in total. The number of benzene rings is 1. The van der Waals surface area contributed by atoms with Crippen molar-refractivity contribution in [2.75, 3.05) is 5.32 Å². The molecule has 1 aromatic heterocycles. The number of amides is 2. The zero-order valence-corrected chi connectivity index (χ0v) is 12.4. The second-order valence-electron chi connectivity index (χ2n) is 3.94. The van der Waals surface area contributed by atoms with Crippen LogP contribution in [0.5, 0.6) is 0 Å². The molecule has 6 heteroatoms. The summed E-state index contributed by atoms with van der Waals surface area (Å²) in [7, 11) is 0. The molecule has 0 aliphatic heterocycles. The molecule has 0 bridgehead atoms. The van der Waals surface area contributed by atoms with Crippen LogP contribution in [0.15, 0.2) is 36.4 Å². The SMILES string of the molecule is CC(NC(=O)Nc1ccccc1Cl)c1ccc(Cl)s1. The summed E-state index contributed by atoms with van der Waals surface area (Å²) in [5, 5.41) is 6.04. The average molecular weight is 315 g/mol. The molecule has 0 aliphatic rings. The Labute approximate surface area is 125 Å². The van der Waals surface area contributed by atoms with Gasteiger partial charge in [0.2, 0.25) is 0 Å². The molecule has 2 N–H and O–H groups in total. The Bertz CT molecular complexity index is 586. The molecular weight excluding hydrogens is 303 g/mol. The summed E-state index contributed by atoms with van der Waals surface area (Å²) in [5.41, 5.74) is 0.582. The van der Waals surface area contributed by atoms with Crippen molar-refractivity contribution >= 4 is 46.3 Å². The van der Waals surface area contributed by atoms with Gasteiger partial charge in [0.25, 0.3) is 0 Å². The number of carbonyl (C=O) groups excluding carboxylic acids is 1. The first-order valence-electron chi connectivity index (χ1n) is 5.63. The number of hydrogen-bond donors (Lipinski definition) is 2. The fourth-order valence-electron chi connectivity index (χ4n) is 1.55. The Kier molecular flexibility index (Phi) is 4.69. The van der Waals surface area contributed by atoms with Gasteiger partial charge in [0.15, 0.2) is 0 Å². The van der Waals surface area contributed by atoms with Crippen LogP contribution in [0.2, 0.25) is 9.36 Å². The van der Waals surface area contributed by atoms with Gasteiger partial charge < -0.3 is 10.6 Å². The first kappa shape index (κ1) is 14.2. The maximum Gasteiger partial charge on any atom is 0.319 e. The van der Waals surface area contributed by atoms with E-state index >= 15 is 0 Å². The van der Waals surface area contributed by atoms with Gasteiger partial charge in [-0.1, -0.05) is 35.3 Å². The summed E-state index contributed by atoms with van der Waals surface area (Å²) in [6, 6.07) is 10.4. The van der Waals surface area contributed by atoms with E-state index < -0.39 is 0 Å². The van der Waals surface area contributed by atoms with Crippen molar-refractivity contribution in [3.05, 3.63) is 50.6 Å². The second kappa shape index (κ2) is 6.28. The molecule has 1 heterocycles. The number of rotatable bonds is 3. The molecule has 0 radical (unpaired) electrons. The van der Waals surface area contributed by atoms with Crippen LogP contribution in [-0.4, -0.2) is 6.03 Å². The minimum Gasteiger partial charge on any atom is -0.331 e. The fourth-order valence-corrected chi connectivity index (χ4v) is 2.80. The van der Waals surface area contributed by atoms with Gasteiger partial charge in [-0.15, -0.1) is 11.3 Å². The van der Waals surface area contributed by atoms with E-state index in [4.69, 9.17) is 23.2 Å². The van der Waals surface area contributed by atoms with E-state index in [0.717, 1.165) is 4.88 Å². The van der Waals surface area contributed by atoms with Gasteiger partial charge in [0.1, 0.15) is 0 Å². The van der Waals surface area contributed by atoms with Crippen molar-refractivity contribution in [2.45, 2.75) is 13.0 Å². The Morgan fingerprint density at radius 1 is 1.21 bits per heavy atom. The molecular formula is C13H12Cl2N2OS. The monoisotopic (exact) mass is 314 g/mol. The van der Waals surface area contributed by atoms with E-state index in [2.05, 4.69) is 10.6 Å². The Balaban J connectivity index is 1.96. The molecule has 1 unspecified atom stereocenters. The summed E-state index contributed by atoms with van der Waals surface area (Å²) in [4.78, 5) is 12.8. The lowest BCUT2D eigenvalue weighted by molar-refractivity contribution is 0.249. The van der Waals surface area contributed by atoms with E-state index in [1.807, 2.05) is 31.2 Å². The number of thiophene rings is 1. The highest BCUT2D eigenvalue weighted by molar-refractivity contribution is 7.16. The zero-order valence-electron chi connectivity index (χ0n) is 10.1. The maximum atomic E-state index is 11.8. The molecule has 2 amide bonds. The van der Waals surface area contributed by atoms with E-state index in [1.54, 1.807) is 12.1 Å². The summed E-state index contributed by atoms with van der Waals surface area (Å²) < 4.78 is 0.704. The largest absolute Gasteiger partial charge is 0.331 e. The number of nitrogens with one attached hydrogen (secondary N) is 2. The summed E-state index contributed by atoms with van der Waals surface area (Å²) in [5.74, 6) is 0. The van der Waals surface area contributed by atoms with Crippen LogP contribution < -0.4 is 10.6 Å². The standard InChI is InChI=1S/C13H12Cl2N2OS/c1-8(11-6-7-12(15)19-11)16-13(18)17-10-5-3-2-4-9(10)14/h2-8H,1H3,(H2,16,17,18). The number of anilines is 1. The van der Waals surface area contributed by atoms with Crippen molar-refractivity contribution in [3.63, 3.8) is 0 Å². The molecule has 19 heavy (non-hydrogen) atoms. The van der Waals surface area contributed by atoms with Crippen molar-refractivity contribution in [1.29, 1.82) is 0 Å². The number of halogens is 2. The van der Waals surface area contributed by atoms with Crippen LogP contribution in [-0.2, 0) is 0 Å².